The van der Waals surface area contributed by atoms with Crippen molar-refractivity contribution in [2.75, 3.05) is 0 Å². The smallest absolute Gasteiger partial charge is 0.137 e. The zero-order valence-corrected chi connectivity index (χ0v) is 8.21. The lowest BCUT2D eigenvalue weighted by atomic mass is 10.3. The second kappa shape index (κ2) is 3.79. The maximum absolute atomic E-state index is 4.27. The number of nitrogens with zero attached hydrogens (tertiary/aromatic N) is 2. The fraction of sp³-hybridized carbons (Fsp3) is 0.333. The number of aromatic nitrogens is 1. The SMILES string of the molecule is CCC1=NNC(c2ccccn2)S1. The second-order valence-corrected chi connectivity index (χ2v) is 3.92. The first-order valence-corrected chi connectivity index (χ1v) is 5.18. The molecule has 1 N–H and O–H groups in total. The molecule has 0 spiro atoms. The number of hydrogen-bond acceptors (Lipinski definition) is 4. The number of pyridine rings is 1. The van der Waals surface area contributed by atoms with E-state index in [9.17, 15) is 0 Å². The van der Waals surface area contributed by atoms with Crippen LogP contribution >= 0.6 is 11.8 Å². The van der Waals surface area contributed by atoms with Crippen molar-refractivity contribution >= 4 is 16.8 Å². The lowest BCUT2D eigenvalue weighted by molar-refractivity contribution is 0.723. The Labute approximate surface area is 81.6 Å². The molecule has 1 aromatic heterocycles. The summed E-state index contributed by atoms with van der Waals surface area (Å²) in [4.78, 5) is 4.27. The fourth-order valence-corrected chi connectivity index (χ4v) is 2.05. The van der Waals surface area contributed by atoms with Crippen molar-refractivity contribution in [2.45, 2.75) is 18.7 Å². The number of rotatable bonds is 2. The second-order valence-electron chi connectivity index (χ2n) is 2.74. The summed E-state index contributed by atoms with van der Waals surface area (Å²) in [6.45, 7) is 2.11. The lowest BCUT2D eigenvalue weighted by Gasteiger charge is -2.06. The maximum atomic E-state index is 4.27. The van der Waals surface area contributed by atoms with Gasteiger partial charge < -0.3 is 0 Å². The first-order valence-electron chi connectivity index (χ1n) is 4.30. The van der Waals surface area contributed by atoms with Gasteiger partial charge in [0, 0.05) is 6.20 Å². The molecule has 1 aromatic rings. The molecular weight excluding hydrogens is 182 g/mol. The van der Waals surface area contributed by atoms with Gasteiger partial charge in [-0.15, -0.1) is 0 Å². The average Bonchev–Trinajstić information content (AvgIpc) is 2.67. The molecule has 3 nitrogen and oxygen atoms in total. The standard InChI is InChI=1S/C9H11N3S/c1-2-8-11-12-9(13-8)7-5-3-4-6-10-7/h3-6,9,12H,2H2,1H3. The Balaban J connectivity index is 2.07. The van der Waals surface area contributed by atoms with Crippen LogP contribution < -0.4 is 5.43 Å². The monoisotopic (exact) mass is 193 g/mol. The van der Waals surface area contributed by atoms with E-state index in [1.165, 1.54) is 0 Å². The van der Waals surface area contributed by atoms with E-state index in [-0.39, 0.29) is 5.37 Å². The van der Waals surface area contributed by atoms with Crippen molar-refractivity contribution in [3.05, 3.63) is 30.1 Å². The van der Waals surface area contributed by atoms with Crippen molar-refractivity contribution in [3.63, 3.8) is 0 Å². The maximum Gasteiger partial charge on any atom is 0.137 e. The van der Waals surface area contributed by atoms with Crippen LogP contribution in [0.3, 0.4) is 0 Å². The number of thioether (sulfide) groups is 1. The van der Waals surface area contributed by atoms with Crippen molar-refractivity contribution < 1.29 is 0 Å². The molecule has 0 bridgehead atoms. The minimum absolute atomic E-state index is 0.205. The van der Waals surface area contributed by atoms with E-state index in [1.54, 1.807) is 11.8 Å². The van der Waals surface area contributed by atoms with Crippen LogP contribution in [-0.4, -0.2) is 10.0 Å². The van der Waals surface area contributed by atoms with Gasteiger partial charge in [-0.2, -0.15) is 5.10 Å². The van der Waals surface area contributed by atoms with Crippen LogP contribution in [0, 0.1) is 0 Å². The summed E-state index contributed by atoms with van der Waals surface area (Å²) in [7, 11) is 0. The molecule has 0 fully saturated rings. The third-order valence-electron chi connectivity index (χ3n) is 1.82. The van der Waals surface area contributed by atoms with E-state index in [2.05, 4.69) is 22.4 Å². The van der Waals surface area contributed by atoms with Gasteiger partial charge in [0.25, 0.3) is 0 Å². The van der Waals surface area contributed by atoms with E-state index in [0.29, 0.717) is 0 Å². The Bertz CT molecular complexity index is 310. The van der Waals surface area contributed by atoms with Gasteiger partial charge in [-0.1, -0.05) is 24.8 Å². The topological polar surface area (TPSA) is 37.3 Å². The molecule has 4 heteroatoms. The highest BCUT2D eigenvalue weighted by Gasteiger charge is 2.19. The Hall–Kier alpha value is -1.03. The summed E-state index contributed by atoms with van der Waals surface area (Å²) in [6, 6.07) is 5.93. The van der Waals surface area contributed by atoms with Crippen molar-refractivity contribution in [1.29, 1.82) is 0 Å². The van der Waals surface area contributed by atoms with Gasteiger partial charge in [0.15, 0.2) is 0 Å². The van der Waals surface area contributed by atoms with E-state index in [0.717, 1.165) is 17.2 Å². The molecule has 1 aliphatic heterocycles. The van der Waals surface area contributed by atoms with Gasteiger partial charge in [-0.3, -0.25) is 10.4 Å². The largest absolute Gasteiger partial charge is 0.290 e. The molecule has 68 valence electrons. The van der Waals surface area contributed by atoms with Gasteiger partial charge in [0.1, 0.15) is 5.37 Å². The predicted octanol–water partition coefficient (Wildman–Crippen LogP) is 2.14. The summed E-state index contributed by atoms with van der Waals surface area (Å²) in [5.74, 6) is 0. The van der Waals surface area contributed by atoms with E-state index in [4.69, 9.17) is 0 Å². The number of nitrogens with one attached hydrogen (secondary N) is 1. The van der Waals surface area contributed by atoms with E-state index in [1.807, 2.05) is 24.4 Å². The van der Waals surface area contributed by atoms with Crippen LogP contribution in [0.15, 0.2) is 29.5 Å². The minimum atomic E-state index is 0.205. The zero-order valence-electron chi connectivity index (χ0n) is 7.40. The molecule has 0 aromatic carbocycles. The molecule has 1 unspecified atom stereocenters. The van der Waals surface area contributed by atoms with Crippen LogP contribution in [0.4, 0.5) is 0 Å². The van der Waals surface area contributed by atoms with Crippen molar-refractivity contribution in [2.24, 2.45) is 5.10 Å². The van der Waals surface area contributed by atoms with Crippen LogP contribution in [-0.2, 0) is 0 Å². The highest BCUT2D eigenvalue weighted by Crippen LogP contribution is 2.30. The molecule has 2 heterocycles. The summed E-state index contributed by atoms with van der Waals surface area (Å²) in [5, 5.41) is 5.56. The van der Waals surface area contributed by atoms with Gasteiger partial charge in [0.05, 0.1) is 10.7 Å². The minimum Gasteiger partial charge on any atom is -0.290 e. The molecule has 1 atom stereocenters. The van der Waals surface area contributed by atoms with E-state index < -0.39 is 0 Å². The quantitative estimate of drug-likeness (QED) is 0.782. The molecule has 0 saturated heterocycles. The number of hydrogen-bond donors (Lipinski definition) is 1. The first-order chi connectivity index (χ1) is 6.40. The summed E-state index contributed by atoms with van der Waals surface area (Å²) >= 11 is 1.74. The first kappa shape index (κ1) is 8.56. The third kappa shape index (κ3) is 1.83. The highest BCUT2D eigenvalue weighted by atomic mass is 32.2. The van der Waals surface area contributed by atoms with E-state index >= 15 is 0 Å². The molecule has 1 aliphatic rings. The Morgan fingerprint density at radius 2 is 2.46 bits per heavy atom. The Morgan fingerprint density at radius 3 is 3.08 bits per heavy atom. The Morgan fingerprint density at radius 1 is 1.54 bits per heavy atom. The zero-order chi connectivity index (χ0) is 9.10. The third-order valence-corrected chi connectivity index (χ3v) is 3.05. The van der Waals surface area contributed by atoms with Gasteiger partial charge in [-0.05, 0) is 18.6 Å². The molecule has 2 rings (SSSR count). The number of hydrazone groups is 1. The Kier molecular flexibility index (Phi) is 2.49. The lowest BCUT2D eigenvalue weighted by Crippen LogP contribution is -2.07. The van der Waals surface area contributed by atoms with Crippen LogP contribution in [0.5, 0.6) is 0 Å². The van der Waals surface area contributed by atoms with Crippen LogP contribution in [0.2, 0.25) is 0 Å². The van der Waals surface area contributed by atoms with Crippen LogP contribution in [0.1, 0.15) is 24.4 Å². The fourth-order valence-electron chi connectivity index (χ4n) is 1.14. The summed E-state index contributed by atoms with van der Waals surface area (Å²) in [5.41, 5.74) is 4.10. The highest BCUT2D eigenvalue weighted by molar-refractivity contribution is 8.14. The molecule has 0 radical (unpaired) electrons. The van der Waals surface area contributed by atoms with Gasteiger partial charge in [-0.25, -0.2) is 0 Å². The summed E-state index contributed by atoms with van der Waals surface area (Å²) in [6.07, 6.45) is 2.79. The molecule has 0 saturated carbocycles. The van der Waals surface area contributed by atoms with Crippen molar-refractivity contribution in [3.8, 4) is 0 Å². The molecule has 13 heavy (non-hydrogen) atoms. The summed E-state index contributed by atoms with van der Waals surface area (Å²) < 4.78 is 0. The normalized spacial score (nSPS) is 21.0. The molecule has 0 amide bonds. The molecular formula is C9H11N3S. The van der Waals surface area contributed by atoms with Gasteiger partial charge in [0.2, 0.25) is 0 Å². The van der Waals surface area contributed by atoms with Gasteiger partial charge >= 0.3 is 0 Å². The average molecular weight is 193 g/mol. The van der Waals surface area contributed by atoms with Crippen molar-refractivity contribution in [1.82, 2.24) is 10.4 Å². The predicted molar refractivity (Wildman–Crippen MR) is 55.4 cm³/mol. The molecule has 0 aliphatic carbocycles. The van der Waals surface area contributed by atoms with Crippen LogP contribution in [0.25, 0.3) is 0 Å².